The molecule has 9 nitrogen and oxygen atoms in total. The Morgan fingerprint density at radius 1 is 1.18 bits per heavy atom. The molecule has 2 aliphatic heterocycles. The highest BCUT2D eigenvalue weighted by Crippen LogP contribution is 2.44. The Bertz CT molecular complexity index is 1660. The van der Waals surface area contributed by atoms with E-state index < -0.39 is 23.7 Å². The van der Waals surface area contributed by atoms with E-state index in [0.717, 1.165) is 11.3 Å². The summed E-state index contributed by atoms with van der Waals surface area (Å²) in [7, 11) is 3.02. The molecular weight excluding hydrogens is 573 g/mol. The van der Waals surface area contributed by atoms with E-state index in [0.29, 0.717) is 66.4 Å². The zero-order chi connectivity index (χ0) is 31.2. The zero-order valence-electron chi connectivity index (χ0n) is 25.1. The van der Waals surface area contributed by atoms with Crippen molar-refractivity contribution in [1.82, 2.24) is 14.6 Å². The molecule has 12 heteroatoms. The van der Waals surface area contributed by atoms with Crippen molar-refractivity contribution < 1.29 is 27.4 Å². The maximum Gasteiger partial charge on any atom is 0.408 e. The predicted molar refractivity (Wildman–Crippen MR) is 162 cm³/mol. The number of nitrogens with one attached hydrogen (secondary N) is 1. The predicted octanol–water partition coefficient (Wildman–Crippen LogP) is 5.99. The number of fused-ring (bicyclic) bond motifs is 2. The number of hydrogen-bond acceptors (Lipinski definition) is 7. The third kappa shape index (κ3) is 5.72. The van der Waals surface area contributed by atoms with Crippen molar-refractivity contribution in [1.29, 1.82) is 0 Å². The second kappa shape index (κ2) is 11.2. The number of aromatic nitrogens is 3. The van der Waals surface area contributed by atoms with E-state index in [9.17, 15) is 18.0 Å². The van der Waals surface area contributed by atoms with Crippen LogP contribution in [0, 0.1) is 5.92 Å². The lowest BCUT2D eigenvalue weighted by Crippen LogP contribution is -2.52. The Labute approximate surface area is 253 Å². The molecule has 1 saturated heterocycles. The lowest BCUT2D eigenvalue weighted by molar-refractivity contribution is -0.161. The molecule has 0 aliphatic carbocycles. The molecule has 1 amide bonds. The van der Waals surface area contributed by atoms with Gasteiger partial charge in [0.1, 0.15) is 28.7 Å². The van der Waals surface area contributed by atoms with Gasteiger partial charge in [-0.2, -0.15) is 18.3 Å². The molecule has 4 heterocycles. The molecule has 1 atom stereocenters. The third-order valence-electron chi connectivity index (χ3n) is 8.51. The molecule has 0 radical (unpaired) electrons. The van der Waals surface area contributed by atoms with Gasteiger partial charge < -0.3 is 24.6 Å². The van der Waals surface area contributed by atoms with Gasteiger partial charge in [-0.3, -0.25) is 4.79 Å². The molecule has 44 heavy (non-hydrogen) atoms. The SMILES string of the molecule is COc1ccc(N(C)C(C2CCN(c3cc4c(cc3NC(=O)c3cnn5cccnc35)CC(C)(C)O4)CC2)C(F)(F)F)cc1. The highest BCUT2D eigenvalue weighted by molar-refractivity contribution is 6.09. The quantitative estimate of drug-likeness (QED) is 0.276. The lowest BCUT2D eigenvalue weighted by atomic mass is 9.87. The summed E-state index contributed by atoms with van der Waals surface area (Å²) < 4.78 is 56.5. The number of methoxy groups -OCH3 is 1. The number of hydrogen-bond donors (Lipinski definition) is 1. The van der Waals surface area contributed by atoms with Crippen molar-refractivity contribution >= 4 is 28.6 Å². The number of alkyl halides is 3. The van der Waals surface area contributed by atoms with Crippen molar-refractivity contribution in [3.05, 3.63) is 72.2 Å². The van der Waals surface area contributed by atoms with E-state index in [-0.39, 0.29) is 5.91 Å². The summed E-state index contributed by atoms with van der Waals surface area (Å²) in [5.41, 5.74) is 3.06. The Balaban J connectivity index is 1.25. The first kappa shape index (κ1) is 29.6. The minimum atomic E-state index is -4.42. The van der Waals surface area contributed by atoms with Crippen molar-refractivity contribution in [3.63, 3.8) is 0 Å². The van der Waals surface area contributed by atoms with E-state index in [4.69, 9.17) is 9.47 Å². The van der Waals surface area contributed by atoms with Crippen molar-refractivity contribution in [2.75, 3.05) is 42.4 Å². The number of carbonyl (C=O) groups excluding carboxylic acids is 1. The van der Waals surface area contributed by atoms with Crippen LogP contribution in [0.2, 0.25) is 0 Å². The molecule has 232 valence electrons. The van der Waals surface area contributed by atoms with Gasteiger partial charge in [0.2, 0.25) is 0 Å². The van der Waals surface area contributed by atoms with Gasteiger partial charge in [-0.05, 0) is 69.0 Å². The monoisotopic (exact) mass is 608 g/mol. The number of benzene rings is 2. The lowest BCUT2D eigenvalue weighted by Gasteiger charge is -2.42. The standard InChI is InChI=1S/C32H35F3N6O3/c1-31(2)18-21-16-25(38-30(42)24-19-37-41-13-5-12-36-29(24)41)26(17-27(21)44-31)40-14-10-20(11-15-40)28(32(33,34)35)39(3)22-6-8-23(43-4)9-7-22/h5-9,12-13,16-17,19-20,28H,10-11,14-15,18H2,1-4H3,(H,38,42). The Morgan fingerprint density at radius 3 is 2.59 bits per heavy atom. The Kier molecular flexibility index (Phi) is 7.54. The number of amides is 1. The van der Waals surface area contributed by atoms with Crippen LogP contribution in [0.1, 0.15) is 42.6 Å². The van der Waals surface area contributed by atoms with Crippen LogP contribution >= 0.6 is 0 Å². The molecule has 0 saturated carbocycles. The van der Waals surface area contributed by atoms with E-state index in [2.05, 4.69) is 15.4 Å². The molecule has 2 aromatic carbocycles. The fourth-order valence-electron chi connectivity index (χ4n) is 6.42. The van der Waals surface area contributed by atoms with Crippen molar-refractivity contribution in [2.45, 2.75) is 50.9 Å². The Hall–Kier alpha value is -4.48. The maximum absolute atomic E-state index is 14.5. The molecular formula is C32H35F3N6O3. The summed E-state index contributed by atoms with van der Waals surface area (Å²) >= 11 is 0. The highest BCUT2D eigenvalue weighted by atomic mass is 19.4. The minimum absolute atomic E-state index is 0.319. The summed E-state index contributed by atoms with van der Waals surface area (Å²) in [6.45, 7) is 4.77. The first-order valence-electron chi connectivity index (χ1n) is 14.6. The molecule has 1 N–H and O–H groups in total. The summed E-state index contributed by atoms with van der Waals surface area (Å²) in [6.07, 6.45) is 1.66. The van der Waals surface area contributed by atoms with E-state index in [1.165, 1.54) is 29.8 Å². The molecule has 2 aliphatic rings. The van der Waals surface area contributed by atoms with Crippen LogP contribution in [0.5, 0.6) is 11.5 Å². The smallest absolute Gasteiger partial charge is 0.408 e. The molecule has 0 spiro atoms. The second-order valence-corrected chi connectivity index (χ2v) is 12.0. The van der Waals surface area contributed by atoms with Crippen LogP contribution in [0.3, 0.4) is 0 Å². The number of rotatable bonds is 7. The fourth-order valence-corrected chi connectivity index (χ4v) is 6.42. The minimum Gasteiger partial charge on any atom is -0.497 e. The third-order valence-corrected chi connectivity index (χ3v) is 8.51. The molecule has 4 aromatic rings. The summed E-state index contributed by atoms with van der Waals surface area (Å²) in [5.74, 6) is 0.314. The van der Waals surface area contributed by atoms with E-state index >= 15 is 0 Å². The second-order valence-electron chi connectivity index (χ2n) is 12.0. The summed E-state index contributed by atoms with van der Waals surface area (Å²) in [5, 5.41) is 7.26. The molecule has 2 aromatic heterocycles. The summed E-state index contributed by atoms with van der Waals surface area (Å²) in [6, 6.07) is 10.5. The van der Waals surface area contributed by atoms with E-state index in [1.54, 1.807) is 42.7 Å². The number of nitrogens with zero attached hydrogens (tertiary/aromatic N) is 5. The van der Waals surface area contributed by atoms with Gasteiger partial charge in [-0.1, -0.05) is 0 Å². The van der Waals surface area contributed by atoms with Crippen molar-refractivity contribution in [2.24, 2.45) is 5.92 Å². The molecule has 0 bridgehead atoms. The molecule has 1 unspecified atom stereocenters. The normalized spacial score (nSPS) is 17.2. The highest BCUT2D eigenvalue weighted by Gasteiger charge is 2.48. The van der Waals surface area contributed by atoms with Gasteiger partial charge >= 0.3 is 6.18 Å². The van der Waals surface area contributed by atoms with Gasteiger partial charge in [0.25, 0.3) is 5.91 Å². The maximum atomic E-state index is 14.5. The number of piperidine rings is 1. The molecule has 1 fully saturated rings. The van der Waals surface area contributed by atoms with Gasteiger partial charge in [-0.25, -0.2) is 9.50 Å². The average Bonchev–Trinajstić information content (AvgIpc) is 3.55. The van der Waals surface area contributed by atoms with Gasteiger partial charge in [0, 0.05) is 56.3 Å². The Morgan fingerprint density at radius 2 is 1.91 bits per heavy atom. The van der Waals surface area contributed by atoms with Crippen molar-refractivity contribution in [3.8, 4) is 11.5 Å². The topological polar surface area (TPSA) is 84.2 Å². The number of halogens is 3. The number of ether oxygens (including phenoxy) is 2. The van der Waals surface area contributed by atoms with Crippen LogP contribution in [0.4, 0.5) is 30.2 Å². The zero-order valence-corrected chi connectivity index (χ0v) is 25.1. The van der Waals surface area contributed by atoms with Crippen LogP contribution in [0.25, 0.3) is 5.65 Å². The average molecular weight is 609 g/mol. The van der Waals surface area contributed by atoms with Crippen LogP contribution in [-0.2, 0) is 6.42 Å². The van der Waals surface area contributed by atoms with Crippen LogP contribution in [-0.4, -0.2) is 65.6 Å². The fraction of sp³-hybridized carbons (Fsp3) is 0.406. The van der Waals surface area contributed by atoms with Crippen LogP contribution < -0.4 is 24.6 Å². The van der Waals surface area contributed by atoms with Gasteiger partial charge in [-0.15, -0.1) is 0 Å². The number of carbonyl (C=O) groups is 1. The van der Waals surface area contributed by atoms with Gasteiger partial charge in [0.15, 0.2) is 5.65 Å². The van der Waals surface area contributed by atoms with E-state index in [1.807, 2.05) is 30.9 Å². The molecule has 6 rings (SSSR count). The van der Waals surface area contributed by atoms with Crippen LogP contribution in [0.15, 0.2) is 61.1 Å². The first-order valence-corrected chi connectivity index (χ1v) is 14.6. The summed E-state index contributed by atoms with van der Waals surface area (Å²) in [4.78, 5) is 21.1. The first-order chi connectivity index (χ1) is 20.9. The number of anilines is 3. The van der Waals surface area contributed by atoms with Gasteiger partial charge in [0.05, 0.1) is 24.7 Å². The largest absolute Gasteiger partial charge is 0.497 e.